The zero-order chi connectivity index (χ0) is 22.9. The molecule has 6 nitrogen and oxygen atoms in total. The van der Waals surface area contributed by atoms with Gasteiger partial charge in [0.25, 0.3) is 11.8 Å². The maximum atomic E-state index is 12.9. The van der Waals surface area contributed by atoms with Crippen LogP contribution in [0.3, 0.4) is 0 Å². The first-order valence-corrected chi connectivity index (χ1v) is 10.5. The lowest BCUT2D eigenvalue weighted by molar-refractivity contribution is -0.117. The van der Waals surface area contributed by atoms with Crippen LogP contribution in [-0.4, -0.2) is 26.0 Å². The quantitative estimate of drug-likeness (QED) is 0.305. The van der Waals surface area contributed by atoms with Crippen molar-refractivity contribution in [1.82, 2.24) is 10.9 Å². The zero-order valence-electron chi connectivity index (χ0n) is 18.6. The first kappa shape index (κ1) is 23.2. The number of hydrogen-bond donors (Lipinski definition) is 2. The van der Waals surface area contributed by atoms with E-state index in [0.717, 1.165) is 40.3 Å². The topological polar surface area (TPSA) is 76.7 Å². The molecular formula is C26H28N2O4. The van der Waals surface area contributed by atoms with Gasteiger partial charge in [-0.05, 0) is 34.4 Å². The summed E-state index contributed by atoms with van der Waals surface area (Å²) in [6.45, 7) is 2.06. The highest BCUT2D eigenvalue weighted by Gasteiger charge is 2.17. The number of hydrazine groups is 1. The number of fused-ring (bicyclic) bond motifs is 1. The molecule has 0 aliphatic carbocycles. The number of hydrogen-bond acceptors (Lipinski definition) is 4. The maximum Gasteiger partial charge on any atom is 0.270 e. The van der Waals surface area contributed by atoms with E-state index in [1.165, 1.54) is 6.08 Å². The van der Waals surface area contributed by atoms with Crippen LogP contribution >= 0.6 is 0 Å². The SMILES string of the molecule is CCCC(=CC(=O)NNC(=O)c1ccc(C(OC)OC)c2ccccc12)c1ccccc1. The Bertz CT molecular complexity index is 1110. The average Bonchev–Trinajstić information content (AvgIpc) is 2.83. The van der Waals surface area contributed by atoms with E-state index in [1.807, 2.05) is 54.6 Å². The summed E-state index contributed by atoms with van der Waals surface area (Å²) in [6, 6.07) is 20.7. The molecule has 0 heterocycles. The van der Waals surface area contributed by atoms with Crippen molar-refractivity contribution in [3.63, 3.8) is 0 Å². The van der Waals surface area contributed by atoms with Crippen LogP contribution in [0.1, 0.15) is 47.5 Å². The second kappa shape index (κ2) is 11.2. The number of carbonyl (C=O) groups is 2. The van der Waals surface area contributed by atoms with Crippen molar-refractivity contribution < 1.29 is 19.1 Å². The molecule has 166 valence electrons. The number of nitrogens with one attached hydrogen (secondary N) is 2. The molecular weight excluding hydrogens is 404 g/mol. The minimum absolute atomic E-state index is 0.384. The lowest BCUT2D eigenvalue weighted by Crippen LogP contribution is -2.41. The molecule has 0 bridgehead atoms. The number of carbonyl (C=O) groups excluding carboxylic acids is 2. The van der Waals surface area contributed by atoms with Gasteiger partial charge in [0, 0.05) is 31.4 Å². The first-order chi connectivity index (χ1) is 15.6. The monoisotopic (exact) mass is 432 g/mol. The summed E-state index contributed by atoms with van der Waals surface area (Å²) >= 11 is 0. The number of benzene rings is 3. The smallest absolute Gasteiger partial charge is 0.270 e. The van der Waals surface area contributed by atoms with Crippen molar-refractivity contribution in [2.75, 3.05) is 14.2 Å². The van der Waals surface area contributed by atoms with Crippen LogP contribution < -0.4 is 10.9 Å². The number of ether oxygens (including phenoxy) is 2. The minimum atomic E-state index is -0.545. The van der Waals surface area contributed by atoms with Crippen LogP contribution in [0.4, 0.5) is 0 Å². The summed E-state index contributed by atoms with van der Waals surface area (Å²) in [5, 5.41) is 1.58. The third kappa shape index (κ3) is 5.41. The number of methoxy groups -OCH3 is 2. The summed E-state index contributed by atoms with van der Waals surface area (Å²) in [4.78, 5) is 25.3. The molecule has 0 spiro atoms. The molecule has 0 fully saturated rings. The van der Waals surface area contributed by atoms with E-state index < -0.39 is 12.2 Å². The van der Waals surface area contributed by atoms with Crippen molar-refractivity contribution in [3.8, 4) is 0 Å². The van der Waals surface area contributed by atoms with Gasteiger partial charge in [0.05, 0.1) is 0 Å². The number of amides is 2. The van der Waals surface area contributed by atoms with E-state index in [0.29, 0.717) is 5.56 Å². The molecule has 0 saturated carbocycles. The fraction of sp³-hybridized carbons (Fsp3) is 0.231. The van der Waals surface area contributed by atoms with Crippen LogP contribution in [0.5, 0.6) is 0 Å². The number of rotatable bonds is 8. The molecule has 3 aromatic rings. The largest absolute Gasteiger partial charge is 0.352 e. The summed E-state index contributed by atoms with van der Waals surface area (Å²) in [7, 11) is 3.13. The van der Waals surface area contributed by atoms with E-state index >= 15 is 0 Å². The van der Waals surface area contributed by atoms with Gasteiger partial charge in [0.2, 0.25) is 0 Å². The maximum absolute atomic E-state index is 12.9. The van der Waals surface area contributed by atoms with Crippen LogP contribution in [0.15, 0.2) is 72.8 Å². The normalized spacial score (nSPS) is 11.6. The van der Waals surface area contributed by atoms with Gasteiger partial charge in [-0.2, -0.15) is 0 Å². The highest BCUT2D eigenvalue weighted by molar-refractivity contribution is 6.08. The van der Waals surface area contributed by atoms with Crippen molar-refractivity contribution >= 4 is 28.2 Å². The van der Waals surface area contributed by atoms with Crippen LogP contribution in [0.25, 0.3) is 16.3 Å². The van der Waals surface area contributed by atoms with Gasteiger partial charge < -0.3 is 9.47 Å². The molecule has 3 rings (SSSR count). The zero-order valence-corrected chi connectivity index (χ0v) is 18.6. The van der Waals surface area contributed by atoms with Gasteiger partial charge >= 0.3 is 0 Å². The molecule has 0 aliphatic heterocycles. The molecule has 6 heteroatoms. The second-order valence-corrected chi connectivity index (χ2v) is 7.28. The summed E-state index contributed by atoms with van der Waals surface area (Å²) in [6.07, 6.45) is 2.65. The Balaban J connectivity index is 1.79. The van der Waals surface area contributed by atoms with Gasteiger partial charge in [0.1, 0.15) is 0 Å². The molecule has 0 aromatic heterocycles. The molecule has 0 saturated heterocycles. The lowest BCUT2D eigenvalue weighted by Gasteiger charge is -2.17. The van der Waals surface area contributed by atoms with Crippen molar-refractivity contribution in [2.24, 2.45) is 0 Å². The molecule has 3 aromatic carbocycles. The molecule has 2 N–H and O–H groups in total. The molecule has 32 heavy (non-hydrogen) atoms. The average molecular weight is 433 g/mol. The van der Waals surface area contributed by atoms with E-state index in [4.69, 9.17) is 9.47 Å². The minimum Gasteiger partial charge on any atom is -0.352 e. The third-order valence-electron chi connectivity index (χ3n) is 5.15. The van der Waals surface area contributed by atoms with Gasteiger partial charge in [0.15, 0.2) is 6.29 Å². The van der Waals surface area contributed by atoms with E-state index in [-0.39, 0.29) is 5.91 Å². The van der Waals surface area contributed by atoms with Crippen molar-refractivity contribution in [3.05, 3.63) is 89.5 Å². The standard InChI is InChI=1S/C26H28N2O4/c1-4-10-19(18-11-6-5-7-12-18)17-24(29)27-28-25(30)22-15-16-23(26(31-2)32-3)21-14-9-8-13-20(21)22/h5-9,11-17,26H,4,10H2,1-3H3,(H,27,29)(H,28,30). The van der Waals surface area contributed by atoms with Gasteiger partial charge in [-0.25, -0.2) is 0 Å². The van der Waals surface area contributed by atoms with Gasteiger partial charge in [-0.15, -0.1) is 0 Å². The van der Waals surface area contributed by atoms with E-state index in [1.54, 1.807) is 26.4 Å². The first-order valence-electron chi connectivity index (χ1n) is 10.5. The summed E-state index contributed by atoms with van der Waals surface area (Å²) in [5.74, 6) is -0.789. The lowest BCUT2D eigenvalue weighted by atomic mass is 9.98. The highest BCUT2D eigenvalue weighted by atomic mass is 16.7. The van der Waals surface area contributed by atoms with Gasteiger partial charge in [-0.1, -0.05) is 74.0 Å². The van der Waals surface area contributed by atoms with Crippen LogP contribution in [-0.2, 0) is 14.3 Å². The molecule has 2 amide bonds. The Labute approximate surface area is 188 Å². The summed E-state index contributed by atoms with van der Waals surface area (Å²) < 4.78 is 10.8. The van der Waals surface area contributed by atoms with Crippen molar-refractivity contribution in [2.45, 2.75) is 26.1 Å². The Morgan fingerprint density at radius 2 is 1.53 bits per heavy atom. The molecule has 0 unspecified atom stereocenters. The Morgan fingerprint density at radius 1 is 0.875 bits per heavy atom. The molecule has 0 aliphatic rings. The second-order valence-electron chi connectivity index (χ2n) is 7.28. The number of allylic oxidation sites excluding steroid dienone is 1. The fourth-order valence-corrected chi connectivity index (χ4v) is 3.68. The predicted molar refractivity (Wildman–Crippen MR) is 126 cm³/mol. The van der Waals surface area contributed by atoms with Gasteiger partial charge in [-0.3, -0.25) is 20.4 Å². The summed E-state index contributed by atoms with van der Waals surface area (Å²) in [5.41, 5.74) is 8.19. The predicted octanol–water partition coefficient (Wildman–Crippen LogP) is 4.78. The molecule has 0 atom stereocenters. The Kier molecular flexibility index (Phi) is 8.14. The van der Waals surface area contributed by atoms with Crippen LogP contribution in [0.2, 0.25) is 0 Å². The van der Waals surface area contributed by atoms with E-state index in [9.17, 15) is 9.59 Å². The van der Waals surface area contributed by atoms with Crippen molar-refractivity contribution in [1.29, 1.82) is 0 Å². The third-order valence-corrected chi connectivity index (χ3v) is 5.15. The molecule has 0 radical (unpaired) electrons. The Morgan fingerprint density at radius 3 is 2.19 bits per heavy atom. The van der Waals surface area contributed by atoms with Crippen LogP contribution in [0, 0.1) is 0 Å². The fourth-order valence-electron chi connectivity index (χ4n) is 3.68. The van der Waals surface area contributed by atoms with E-state index in [2.05, 4.69) is 17.8 Å². The Hall–Kier alpha value is -3.48. The highest BCUT2D eigenvalue weighted by Crippen LogP contribution is 2.29.